The minimum absolute atomic E-state index is 0.110. The second-order valence-electron chi connectivity index (χ2n) is 15.7. The molecule has 6 nitrogen and oxygen atoms in total. The van der Waals surface area contributed by atoms with Crippen molar-refractivity contribution in [2.45, 2.75) is 200 Å². The van der Waals surface area contributed by atoms with Crippen molar-refractivity contribution in [2.75, 3.05) is 13.2 Å². The van der Waals surface area contributed by atoms with Crippen molar-refractivity contribution in [3.63, 3.8) is 0 Å². The third-order valence-electron chi connectivity index (χ3n) is 9.79. The molecular weight excluding hydrogens is 769 g/mol. The van der Waals surface area contributed by atoms with E-state index in [1.807, 2.05) is 36.5 Å². The van der Waals surface area contributed by atoms with Gasteiger partial charge in [-0.25, -0.2) is 0 Å². The Labute approximate surface area is 380 Å². The Morgan fingerprint density at radius 2 is 0.661 bits per heavy atom. The van der Waals surface area contributed by atoms with Crippen molar-refractivity contribution < 1.29 is 28.6 Å². The van der Waals surface area contributed by atoms with Crippen molar-refractivity contribution in [1.82, 2.24) is 0 Å². The number of hydrogen-bond acceptors (Lipinski definition) is 6. The van der Waals surface area contributed by atoms with Gasteiger partial charge in [0.15, 0.2) is 6.10 Å². The zero-order chi connectivity index (χ0) is 45.1. The van der Waals surface area contributed by atoms with Gasteiger partial charge in [-0.15, -0.1) is 0 Å². The zero-order valence-electron chi connectivity index (χ0n) is 39.6. The van der Waals surface area contributed by atoms with Crippen LogP contribution in [-0.4, -0.2) is 37.2 Å². The molecule has 1 unspecified atom stereocenters. The molecule has 0 radical (unpaired) electrons. The van der Waals surface area contributed by atoms with Crippen molar-refractivity contribution >= 4 is 17.9 Å². The summed E-state index contributed by atoms with van der Waals surface area (Å²) in [5.41, 5.74) is 0. The Kier molecular flexibility index (Phi) is 46.1. The molecule has 0 saturated carbocycles. The van der Waals surface area contributed by atoms with E-state index in [0.717, 1.165) is 135 Å². The number of hydrogen-bond donors (Lipinski definition) is 0. The molecule has 0 rings (SSSR count). The van der Waals surface area contributed by atoms with Gasteiger partial charge in [0.1, 0.15) is 13.2 Å². The van der Waals surface area contributed by atoms with Gasteiger partial charge in [-0.2, -0.15) is 0 Å². The van der Waals surface area contributed by atoms with Crippen molar-refractivity contribution in [1.29, 1.82) is 0 Å². The molecule has 1 atom stereocenters. The summed E-state index contributed by atoms with van der Waals surface area (Å²) < 4.78 is 16.7. The highest BCUT2D eigenvalue weighted by Gasteiger charge is 2.19. The van der Waals surface area contributed by atoms with Gasteiger partial charge in [-0.05, 0) is 103 Å². The molecular formula is C56H88O6. The standard InChI is InChI=1S/C56H88O6/c1-4-7-10-13-16-19-22-25-26-27-28-29-30-32-34-37-40-43-46-49-55(58)61-52-53(51-60-54(57)48-45-42-39-36-33-24-21-18-15-12-9-6-3)62-56(59)50-47-44-41-38-35-31-23-20-17-14-11-8-5-2/h7-12,14,16-21,23,25-26,28-29,31,35,53H,4-6,13,15,22,24,27,30,32-34,36-52H2,1-3H3/b10-7-,11-8-,12-9-,17-14-,19-16-,21-18-,23-20-,26-25-,29-28-,35-31-. The first kappa shape index (κ1) is 57.8. The van der Waals surface area contributed by atoms with E-state index < -0.39 is 6.10 Å². The second kappa shape index (κ2) is 49.5. The van der Waals surface area contributed by atoms with Crippen LogP contribution in [0.25, 0.3) is 0 Å². The number of ether oxygens (including phenoxy) is 3. The summed E-state index contributed by atoms with van der Waals surface area (Å²) >= 11 is 0. The number of carbonyl (C=O) groups is 3. The SMILES string of the molecule is CC\C=C/C=C\C=C/C=C\CCCCCC(=O)OC(COC(=O)CCCCCCC/C=C\C/C=C\CC)COC(=O)CCCCCCCC/C=C\C/C=C\C/C=C\C/C=C\CC. The Morgan fingerprint density at radius 1 is 0.339 bits per heavy atom. The lowest BCUT2D eigenvalue weighted by Gasteiger charge is -2.18. The van der Waals surface area contributed by atoms with Crippen LogP contribution in [0.1, 0.15) is 194 Å². The van der Waals surface area contributed by atoms with Gasteiger partial charge in [0, 0.05) is 19.3 Å². The van der Waals surface area contributed by atoms with Crippen LogP contribution in [0, 0.1) is 0 Å². The maximum atomic E-state index is 12.7. The van der Waals surface area contributed by atoms with Crippen molar-refractivity contribution in [3.05, 3.63) is 122 Å². The summed E-state index contributed by atoms with van der Waals surface area (Å²) in [7, 11) is 0. The second-order valence-corrected chi connectivity index (χ2v) is 15.7. The van der Waals surface area contributed by atoms with Crippen LogP contribution in [0.5, 0.6) is 0 Å². The molecule has 0 fully saturated rings. The Balaban J connectivity index is 4.47. The predicted octanol–water partition coefficient (Wildman–Crippen LogP) is 16.1. The van der Waals surface area contributed by atoms with Gasteiger partial charge < -0.3 is 14.2 Å². The predicted molar refractivity (Wildman–Crippen MR) is 265 cm³/mol. The summed E-state index contributed by atoms with van der Waals surface area (Å²) in [6.07, 6.45) is 67.5. The molecule has 62 heavy (non-hydrogen) atoms. The first-order chi connectivity index (χ1) is 30.5. The summed E-state index contributed by atoms with van der Waals surface area (Å²) in [5, 5.41) is 0. The van der Waals surface area contributed by atoms with Crippen LogP contribution in [-0.2, 0) is 28.6 Å². The fourth-order valence-corrected chi connectivity index (χ4v) is 6.19. The van der Waals surface area contributed by atoms with Crippen LogP contribution in [0.15, 0.2) is 122 Å². The van der Waals surface area contributed by atoms with Crippen molar-refractivity contribution in [2.24, 2.45) is 0 Å². The van der Waals surface area contributed by atoms with E-state index in [4.69, 9.17) is 14.2 Å². The summed E-state index contributed by atoms with van der Waals surface area (Å²) in [4.78, 5) is 37.9. The summed E-state index contributed by atoms with van der Waals surface area (Å²) in [5.74, 6) is -0.988. The molecule has 0 aliphatic heterocycles. The summed E-state index contributed by atoms with van der Waals surface area (Å²) in [6, 6.07) is 0. The maximum Gasteiger partial charge on any atom is 0.306 e. The van der Waals surface area contributed by atoms with Crippen LogP contribution < -0.4 is 0 Å². The first-order valence-electron chi connectivity index (χ1n) is 24.6. The van der Waals surface area contributed by atoms with Gasteiger partial charge in [0.25, 0.3) is 0 Å². The topological polar surface area (TPSA) is 78.9 Å². The van der Waals surface area contributed by atoms with Gasteiger partial charge in [-0.3, -0.25) is 14.4 Å². The molecule has 0 spiro atoms. The minimum atomic E-state index is -0.813. The quantitative estimate of drug-likeness (QED) is 0.0200. The smallest absolute Gasteiger partial charge is 0.306 e. The molecule has 0 amide bonds. The zero-order valence-corrected chi connectivity index (χ0v) is 39.6. The van der Waals surface area contributed by atoms with Gasteiger partial charge >= 0.3 is 17.9 Å². The lowest BCUT2D eigenvalue weighted by atomic mass is 10.1. The number of unbranched alkanes of at least 4 members (excludes halogenated alkanes) is 14. The van der Waals surface area contributed by atoms with E-state index >= 15 is 0 Å². The molecule has 0 aromatic rings. The largest absolute Gasteiger partial charge is 0.462 e. The number of esters is 3. The van der Waals surface area contributed by atoms with Gasteiger partial charge in [0.2, 0.25) is 0 Å². The van der Waals surface area contributed by atoms with Crippen LogP contribution in [0.2, 0.25) is 0 Å². The Bertz CT molecular complexity index is 1350. The lowest BCUT2D eigenvalue weighted by Crippen LogP contribution is -2.30. The van der Waals surface area contributed by atoms with E-state index in [1.54, 1.807) is 0 Å². The lowest BCUT2D eigenvalue weighted by molar-refractivity contribution is -0.167. The average Bonchev–Trinajstić information content (AvgIpc) is 3.27. The third kappa shape index (κ3) is 46.9. The van der Waals surface area contributed by atoms with Crippen LogP contribution >= 0.6 is 0 Å². The molecule has 0 aliphatic carbocycles. The Hall–Kier alpha value is -4.19. The third-order valence-corrected chi connectivity index (χ3v) is 9.79. The molecule has 0 aliphatic rings. The number of allylic oxidation sites excluding steroid dienone is 20. The number of carbonyl (C=O) groups excluding carboxylic acids is 3. The van der Waals surface area contributed by atoms with E-state index in [-0.39, 0.29) is 37.5 Å². The average molecular weight is 857 g/mol. The number of rotatable bonds is 42. The monoisotopic (exact) mass is 857 g/mol. The van der Waals surface area contributed by atoms with E-state index in [9.17, 15) is 14.4 Å². The normalized spacial score (nSPS) is 13.1. The fraction of sp³-hybridized carbons (Fsp3) is 0.589. The van der Waals surface area contributed by atoms with Gasteiger partial charge in [-0.1, -0.05) is 194 Å². The van der Waals surface area contributed by atoms with Crippen LogP contribution in [0.3, 0.4) is 0 Å². The highest BCUT2D eigenvalue weighted by Crippen LogP contribution is 2.13. The molecule has 0 aromatic carbocycles. The highest BCUT2D eigenvalue weighted by molar-refractivity contribution is 5.71. The van der Waals surface area contributed by atoms with Crippen molar-refractivity contribution in [3.8, 4) is 0 Å². The van der Waals surface area contributed by atoms with E-state index in [1.165, 1.54) is 12.8 Å². The highest BCUT2D eigenvalue weighted by atomic mass is 16.6. The van der Waals surface area contributed by atoms with Crippen LogP contribution in [0.4, 0.5) is 0 Å². The molecule has 0 bridgehead atoms. The first-order valence-corrected chi connectivity index (χ1v) is 24.6. The maximum absolute atomic E-state index is 12.7. The Morgan fingerprint density at radius 3 is 1.11 bits per heavy atom. The molecule has 0 N–H and O–H groups in total. The van der Waals surface area contributed by atoms with E-state index in [2.05, 4.69) is 106 Å². The molecule has 0 aromatic heterocycles. The fourth-order valence-electron chi connectivity index (χ4n) is 6.19. The van der Waals surface area contributed by atoms with Gasteiger partial charge in [0.05, 0.1) is 0 Å². The molecule has 6 heteroatoms. The molecule has 0 saturated heterocycles. The van der Waals surface area contributed by atoms with E-state index in [0.29, 0.717) is 19.3 Å². The minimum Gasteiger partial charge on any atom is -0.462 e. The summed E-state index contributed by atoms with van der Waals surface area (Å²) in [6.45, 7) is 6.19. The molecule has 0 heterocycles. The molecule has 348 valence electrons.